The second kappa shape index (κ2) is 11.2. The molecule has 0 spiro atoms. The lowest BCUT2D eigenvalue weighted by molar-refractivity contribution is 0.590. The van der Waals surface area contributed by atoms with E-state index >= 15 is 0 Å². The van der Waals surface area contributed by atoms with Crippen molar-refractivity contribution < 1.29 is 0 Å². The summed E-state index contributed by atoms with van der Waals surface area (Å²) in [5, 5.41) is 7.11. The molecule has 0 aliphatic carbocycles. The fraction of sp³-hybridized carbons (Fsp3) is 0.174. The number of rotatable bonds is 3. The number of hydrogen-bond acceptors (Lipinski definition) is 4. The predicted octanol–water partition coefficient (Wildman–Crippen LogP) is 11.6. The van der Waals surface area contributed by atoms with Crippen LogP contribution in [0.15, 0.2) is 132 Å². The Morgan fingerprint density at radius 2 is 0.885 bits per heavy atom. The quantitative estimate of drug-likeness (QED) is 0.169. The first kappa shape index (κ1) is 31.7. The lowest BCUT2D eigenvalue weighted by atomic mass is 9.39. The lowest BCUT2D eigenvalue weighted by Gasteiger charge is -2.42. The summed E-state index contributed by atoms with van der Waals surface area (Å²) in [5.74, 6) is 0. The largest absolute Gasteiger partial charge is 0.311 e. The van der Waals surface area contributed by atoms with Crippen molar-refractivity contribution in [1.29, 1.82) is 0 Å². The fourth-order valence-corrected chi connectivity index (χ4v) is 10.5. The molecule has 0 amide bonds. The van der Waals surface area contributed by atoms with Crippen molar-refractivity contribution in [3.05, 3.63) is 143 Å². The zero-order chi connectivity index (χ0) is 35.5. The molecule has 5 aromatic carbocycles. The molecule has 0 fully saturated rings. The SMILES string of the molecule is CC(C)(C)c1ccc(N2c3ccsc3B3c4sccc4N(c4ccc(C(C)(C)C)cc4)c4cc(-n5c6ccccc6c6ccccc65)cc2c43)cc1. The third-order valence-corrected chi connectivity index (χ3v) is 13.0. The molecule has 6 heteroatoms. The minimum Gasteiger partial charge on any atom is -0.311 e. The van der Waals surface area contributed by atoms with Crippen LogP contribution >= 0.6 is 22.7 Å². The predicted molar refractivity (Wildman–Crippen MR) is 228 cm³/mol. The highest BCUT2D eigenvalue weighted by Gasteiger charge is 2.45. The van der Waals surface area contributed by atoms with Crippen molar-refractivity contribution in [3.63, 3.8) is 0 Å². The minimum atomic E-state index is 0.0767. The summed E-state index contributed by atoms with van der Waals surface area (Å²) in [6.07, 6.45) is 0. The van der Waals surface area contributed by atoms with E-state index in [1.807, 2.05) is 22.7 Å². The van der Waals surface area contributed by atoms with E-state index in [0.717, 1.165) is 5.69 Å². The number of thiophene rings is 2. The van der Waals surface area contributed by atoms with Gasteiger partial charge in [-0.25, -0.2) is 0 Å². The molecule has 2 aliphatic heterocycles. The van der Waals surface area contributed by atoms with Gasteiger partial charge in [0.2, 0.25) is 0 Å². The second-order valence-corrected chi connectivity index (χ2v) is 18.2. The van der Waals surface area contributed by atoms with Gasteiger partial charge in [0.15, 0.2) is 0 Å². The molecule has 0 radical (unpaired) electrons. The van der Waals surface area contributed by atoms with Gasteiger partial charge in [-0.2, -0.15) is 22.7 Å². The normalized spacial score (nSPS) is 13.8. The van der Waals surface area contributed by atoms with Crippen molar-refractivity contribution in [3.8, 4) is 5.69 Å². The Hall–Kier alpha value is -5.04. The van der Waals surface area contributed by atoms with Crippen LogP contribution in [0.2, 0.25) is 0 Å². The zero-order valence-electron chi connectivity index (χ0n) is 30.4. The van der Waals surface area contributed by atoms with E-state index in [4.69, 9.17) is 0 Å². The van der Waals surface area contributed by atoms with Gasteiger partial charge in [-0.05, 0) is 98.8 Å². The number of nitrogens with zero attached hydrogens (tertiary/aromatic N) is 3. The van der Waals surface area contributed by atoms with E-state index in [2.05, 4.69) is 188 Å². The molecule has 8 aromatic rings. The first-order chi connectivity index (χ1) is 25.1. The summed E-state index contributed by atoms with van der Waals surface area (Å²) >= 11 is 3.77. The third kappa shape index (κ3) is 4.63. The summed E-state index contributed by atoms with van der Waals surface area (Å²) in [5.41, 5.74) is 15.2. The van der Waals surface area contributed by atoms with E-state index in [1.54, 1.807) is 0 Å². The Balaban J connectivity index is 1.30. The van der Waals surface area contributed by atoms with Crippen LogP contribution in [-0.2, 0) is 10.8 Å². The zero-order valence-corrected chi connectivity index (χ0v) is 32.1. The summed E-state index contributed by atoms with van der Waals surface area (Å²) < 4.78 is 5.29. The second-order valence-electron chi connectivity index (χ2n) is 16.3. The van der Waals surface area contributed by atoms with Gasteiger partial charge in [0.1, 0.15) is 0 Å². The van der Waals surface area contributed by atoms with E-state index in [0.29, 0.717) is 0 Å². The van der Waals surface area contributed by atoms with Crippen LogP contribution in [-0.4, -0.2) is 11.3 Å². The number of hydrogen-bond donors (Lipinski definition) is 0. The Bertz CT molecular complexity index is 2490. The van der Waals surface area contributed by atoms with Gasteiger partial charge in [0.05, 0.1) is 28.1 Å². The van der Waals surface area contributed by atoms with Crippen molar-refractivity contribution in [1.82, 2.24) is 4.57 Å². The Morgan fingerprint density at radius 1 is 0.462 bits per heavy atom. The van der Waals surface area contributed by atoms with E-state index < -0.39 is 0 Å². The average molecular weight is 710 g/mol. The summed E-state index contributed by atoms with van der Waals surface area (Å²) in [4.78, 5) is 5.06. The van der Waals surface area contributed by atoms with Gasteiger partial charge >= 0.3 is 0 Å². The molecule has 2 aliphatic rings. The smallest absolute Gasteiger partial charge is 0.277 e. The van der Waals surface area contributed by atoms with Gasteiger partial charge in [-0.15, -0.1) is 0 Å². The van der Waals surface area contributed by atoms with Crippen LogP contribution in [0.3, 0.4) is 0 Å². The lowest BCUT2D eigenvalue weighted by Crippen LogP contribution is -2.59. The number of para-hydroxylation sites is 2. The van der Waals surface area contributed by atoms with Crippen LogP contribution in [0, 0.1) is 0 Å². The van der Waals surface area contributed by atoms with Crippen LogP contribution in [0.4, 0.5) is 34.1 Å². The molecule has 5 heterocycles. The summed E-state index contributed by atoms with van der Waals surface area (Å²) in [6.45, 7) is 13.9. The topological polar surface area (TPSA) is 11.4 Å². The van der Waals surface area contributed by atoms with Crippen LogP contribution in [0.1, 0.15) is 52.7 Å². The first-order valence-electron chi connectivity index (χ1n) is 18.2. The first-order valence-corrected chi connectivity index (χ1v) is 20.0. The highest BCUT2D eigenvalue weighted by Crippen LogP contribution is 2.47. The molecule has 0 atom stereocenters. The third-order valence-electron chi connectivity index (χ3n) is 11.1. The highest BCUT2D eigenvalue weighted by molar-refractivity contribution is 7.35. The molecule has 0 saturated carbocycles. The monoisotopic (exact) mass is 709 g/mol. The summed E-state index contributed by atoms with van der Waals surface area (Å²) in [6, 6.07) is 45.8. The number of anilines is 6. The molecular weight excluding hydrogens is 669 g/mol. The maximum atomic E-state index is 2.53. The number of benzene rings is 5. The van der Waals surface area contributed by atoms with Crippen molar-refractivity contribution in [2.45, 2.75) is 52.4 Å². The molecule has 10 rings (SSSR count). The van der Waals surface area contributed by atoms with Crippen molar-refractivity contribution in [2.24, 2.45) is 0 Å². The molecule has 0 saturated heterocycles. The average Bonchev–Trinajstić information content (AvgIpc) is 3.89. The van der Waals surface area contributed by atoms with Gasteiger partial charge in [0, 0.05) is 43.1 Å². The highest BCUT2D eigenvalue weighted by atomic mass is 32.1. The van der Waals surface area contributed by atoms with Crippen molar-refractivity contribution in [2.75, 3.05) is 9.80 Å². The van der Waals surface area contributed by atoms with Crippen LogP contribution < -0.4 is 24.8 Å². The molecule has 0 N–H and O–H groups in total. The molecule has 3 nitrogen and oxygen atoms in total. The van der Waals surface area contributed by atoms with Crippen LogP contribution in [0.25, 0.3) is 27.5 Å². The molecular formula is C46H40BN3S2. The van der Waals surface area contributed by atoms with Crippen LogP contribution in [0.5, 0.6) is 0 Å². The maximum Gasteiger partial charge on any atom is 0.277 e. The Kier molecular flexibility index (Phi) is 6.84. The molecule has 254 valence electrons. The number of fused-ring (bicyclic) bond motifs is 7. The van der Waals surface area contributed by atoms with E-state index in [1.165, 1.54) is 82.1 Å². The molecule has 3 aromatic heterocycles. The Labute approximate surface area is 314 Å². The van der Waals surface area contributed by atoms with Gasteiger partial charge < -0.3 is 14.4 Å². The molecule has 52 heavy (non-hydrogen) atoms. The van der Waals surface area contributed by atoms with E-state index in [-0.39, 0.29) is 17.5 Å². The van der Waals surface area contributed by atoms with Crippen molar-refractivity contribution >= 4 is 100 Å². The summed E-state index contributed by atoms with van der Waals surface area (Å²) in [7, 11) is 0. The van der Waals surface area contributed by atoms with E-state index in [9.17, 15) is 0 Å². The molecule has 0 bridgehead atoms. The standard InChI is InChI=1S/C46H40BN3S2/c1-45(2,3)29-15-19-31(20-16-29)48-38-23-25-51-43(38)47-42-40(48)27-33(50-36-13-9-7-11-34(36)35-12-8-10-14-37(35)50)28-41(42)49(39-24-26-52-44(39)47)32-21-17-30(18-22-32)46(4,5)6/h7-28H,1-6H3. The van der Waals surface area contributed by atoms with Gasteiger partial charge in [0.25, 0.3) is 6.71 Å². The van der Waals surface area contributed by atoms with Gasteiger partial charge in [-0.3, -0.25) is 0 Å². The minimum absolute atomic E-state index is 0.0767. The number of aromatic nitrogens is 1. The fourth-order valence-electron chi connectivity index (χ4n) is 8.45. The maximum absolute atomic E-state index is 2.53. The Morgan fingerprint density at radius 3 is 1.31 bits per heavy atom. The van der Waals surface area contributed by atoms with Gasteiger partial charge in [-0.1, -0.05) is 102 Å². The molecule has 0 unspecified atom stereocenters.